The van der Waals surface area contributed by atoms with Crippen LogP contribution in [0.4, 0.5) is 0 Å². The van der Waals surface area contributed by atoms with Crippen molar-refractivity contribution in [3.05, 3.63) is 35.9 Å². The maximum Gasteiger partial charge on any atom is 0.161 e. The van der Waals surface area contributed by atoms with Gasteiger partial charge in [0.15, 0.2) is 11.5 Å². The zero-order valence-corrected chi connectivity index (χ0v) is 15.2. The van der Waals surface area contributed by atoms with Crippen LogP contribution in [0.3, 0.4) is 0 Å². The lowest BCUT2D eigenvalue weighted by Crippen LogP contribution is -2.32. The number of hydrogen-bond acceptors (Lipinski definition) is 5. The maximum absolute atomic E-state index is 11.3. The number of methoxy groups -OCH3 is 2. The normalized spacial score (nSPS) is 25.5. The van der Waals surface area contributed by atoms with Gasteiger partial charge in [-0.1, -0.05) is 18.2 Å². The summed E-state index contributed by atoms with van der Waals surface area (Å²) in [6.45, 7) is 0. The fourth-order valence-electron chi connectivity index (χ4n) is 3.38. The molecule has 0 bridgehead atoms. The van der Waals surface area contributed by atoms with E-state index >= 15 is 0 Å². The van der Waals surface area contributed by atoms with E-state index in [0.29, 0.717) is 12.2 Å². The third-order valence-electron chi connectivity index (χ3n) is 4.76. The van der Waals surface area contributed by atoms with Gasteiger partial charge in [-0.05, 0) is 30.5 Å². The molecule has 1 atom stereocenters. The van der Waals surface area contributed by atoms with Crippen molar-refractivity contribution in [2.45, 2.75) is 28.8 Å². The van der Waals surface area contributed by atoms with Crippen LogP contribution in [0, 0.1) is 0 Å². The zero-order valence-electron chi connectivity index (χ0n) is 13.5. The molecule has 1 heterocycles. The SMILES string of the molecule is COc1ccc(C2(CC=O)C=CC3(CC2)SCCS3)cc1OC. The molecule has 1 aliphatic carbocycles. The third-order valence-corrected chi connectivity index (χ3v) is 8.20. The van der Waals surface area contributed by atoms with E-state index in [1.165, 1.54) is 11.5 Å². The van der Waals surface area contributed by atoms with Gasteiger partial charge < -0.3 is 14.3 Å². The van der Waals surface area contributed by atoms with Crippen molar-refractivity contribution in [3.63, 3.8) is 0 Å². The van der Waals surface area contributed by atoms with E-state index in [1.807, 2.05) is 35.7 Å². The summed E-state index contributed by atoms with van der Waals surface area (Å²) in [5.74, 6) is 3.86. The molecule has 124 valence electrons. The predicted molar refractivity (Wildman–Crippen MR) is 97.9 cm³/mol. The van der Waals surface area contributed by atoms with Crippen LogP contribution in [0.5, 0.6) is 11.5 Å². The number of ether oxygens (including phenoxy) is 2. The Balaban J connectivity index is 1.97. The molecule has 1 aromatic rings. The van der Waals surface area contributed by atoms with E-state index in [-0.39, 0.29) is 9.49 Å². The molecule has 3 nitrogen and oxygen atoms in total. The van der Waals surface area contributed by atoms with Crippen molar-refractivity contribution in [3.8, 4) is 11.5 Å². The van der Waals surface area contributed by atoms with E-state index in [2.05, 4.69) is 18.2 Å². The van der Waals surface area contributed by atoms with Gasteiger partial charge in [-0.2, -0.15) is 0 Å². The lowest BCUT2D eigenvalue weighted by atomic mass is 9.71. The smallest absolute Gasteiger partial charge is 0.161 e. The Hall–Kier alpha value is -1.07. The van der Waals surface area contributed by atoms with Gasteiger partial charge in [0.1, 0.15) is 6.29 Å². The zero-order chi connectivity index (χ0) is 16.3. The summed E-state index contributed by atoms with van der Waals surface area (Å²) in [6.07, 6.45) is 8.22. The molecule has 0 amide bonds. The predicted octanol–water partition coefficient (Wildman–Crippen LogP) is 4.06. The molecule has 0 N–H and O–H groups in total. The highest BCUT2D eigenvalue weighted by Crippen LogP contribution is 2.54. The number of aldehydes is 1. The van der Waals surface area contributed by atoms with Gasteiger partial charge in [-0.25, -0.2) is 0 Å². The number of thioether (sulfide) groups is 2. The first-order valence-corrected chi connectivity index (χ1v) is 9.78. The summed E-state index contributed by atoms with van der Waals surface area (Å²) in [5, 5.41) is 0. The Labute approximate surface area is 146 Å². The molecule has 3 rings (SSSR count). The third kappa shape index (κ3) is 3.13. The van der Waals surface area contributed by atoms with Gasteiger partial charge in [0.05, 0.1) is 18.3 Å². The molecule has 23 heavy (non-hydrogen) atoms. The van der Waals surface area contributed by atoms with Crippen molar-refractivity contribution in [1.82, 2.24) is 0 Å². The Morgan fingerprint density at radius 2 is 1.83 bits per heavy atom. The highest BCUT2D eigenvalue weighted by Gasteiger charge is 2.42. The quantitative estimate of drug-likeness (QED) is 0.591. The molecule has 1 fully saturated rings. The molecule has 1 unspecified atom stereocenters. The molecule has 1 spiro atoms. The number of carbonyl (C=O) groups excluding carboxylic acids is 1. The fraction of sp³-hybridized carbons (Fsp3) is 0.500. The van der Waals surface area contributed by atoms with Gasteiger partial charge in [0, 0.05) is 23.3 Å². The number of carbonyl (C=O) groups is 1. The summed E-state index contributed by atoms with van der Waals surface area (Å²) >= 11 is 4.07. The van der Waals surface area contributed by atoms with Crippen molar-refractivity contribution in [2.75, 3.05) is 25.7 Å². The Kier molecular flexibility index (Phi) is 4.97. The first-order chi connectivity index (χ1) is 11.2. The van der Waals surface area contributed by atoms with E-state index in [4.69, 9.17) is 9.47 Å². The van der Waals surface area contributed by atoms with Gasteiger partial charge in [0.2, 0.25) is 0 Å². The van der Waals surface area contributed by atoms with E-state index in [1.54, 1.807) is 14.2 Å². The molecular weight excluding hydrogens is 328 g/mol. The first-order valence-electron chi connectivity index (χ1n) is 7.81. The van der Waals surface area contributed by atoms with Crippen LogP contribution >= 0.6 is 23.5 Å². The Morgan fingerprint density at radius 3 is 2.39 bits per heavy atom. The highest BCUT2D eigenvalue weighted by atomic mass is 32.2. The summed E-state index contributed by atoms with van der Waals surface area (Å²) in [5.41, 5.74) is 0.900. The lowest BCUT2D eigenvalue weighted by Gasteiger charge is -2.39. The molecule has 5 heteroatoms. The molecular formula is C18H22O3S2. The van der Waals surface area contributed by atoms with Gasteiger partial charge in [-0.15, -0.1) is 23.5 Å². The van der Waals surface area contributed by atoms with Gasteiger partial charge in [-0.3, -0.25) is 0 Å². The number of allylic oxidation sites excluding steroid dienone is 1. The summed E-state index contributed by atoms with van der Waals surface area (Å²) in [7, 11) is 3.28. The van der Waals surface area contributed by atoms with Gasteiger partial charge in [0.25, 0.3) is 0 Å². The standard InChI is InChI=1S/C18H22O3S2/c1-20-15-4-3-14(13-16(15)21-2)17(9-10-19)5-7-18(8-6-17)22-11-12-23-18/h3-5,7,10,13H,6,8-9,11-12H2,1-2H3. The first kappa shape index (κ1) is 16.8. The lowest BCUT2D eigenvalue weighted by molar-refractivity contribution is -0.108. The molecule has 0 saturated carbocycles. The highest BCUT2D eigenvalue weighted by molar-refractivity contribution is 8.21. The van der Waals surface area contributed by atoms with E-state index < -0.39 is 0 Å². The molecule has 1 saturated heterocycles. The van der Waals surface area contributed by atoms with Crippen LogP contribution < -0.4 is 9.47 Å². The average molecular weight is 351 g/mol. The van der Waals surface area contributed by atoms with Crippen LogP contribution in [0.15, 0.2) is 30.4 Å². The summed E-state index contributed by atoms with van der Waals surface area (Å²) in [6, 6.07) is 6.00. The minimum atomic E-state index is -0.226. The largest absolute Gasteiger partial charge is 0.493 e. The van der Waals surface area contributed by atoms with Crippen molar-refractivity contribution in [2.24, 2.45) is 0 Å². The minimum absolute atomic E-state index is 0.225. The van der Waals surface area contributed by atoms with Gasteiger partial charge >= 0.3 is 0 Å². The maximum atomic E-state index is 11.3. The molecule has 1 aromatic carbocycles. The van der Waals surface area contributed by atoms with Crippen LogP contribution in [0.25, 0.3) is 0 Å². The topological polar surface area (TPSA) is 35.5 Å². The van der Waals surface area contributed by atoms with E-state index in [9.17, 15) is 4.79 Å². The second-order valence-corrected chi connectivity index (χ2v) is 9.05. The molecule has 2 aliphatic rings. The Bertz CT molecular complexity index is 608. The summed E-state index contributed by atoms with van der Waals surface area (Å²) in [4.78, 5) is 11.3. The second kappa shape index (κ2) is 6.81. The van der Waals surface area contributed by atoms with Crippen molar-refractivity contribution in [1.29, 1.82) is 0 Å². The second-order valence-electron chi connectivity index (χ2n) is 5.94. The van der Waals surface area contributed by atoms with Crippen molar-refractivity contribution >= 4 is 29.8 Å². The van der Waals surface area contributed by atoms with Crippen LogP contribution in [-0.2, 0) is 10.2 Å². The van der Waals surface area contributed by atoms with Crippen LogP contribution in [0.1, 0.15) is 24.8 Å². The minimum Gasteiger partial charge on any atom is -0.493 e. The monoisotopic (exact) mass is 350 g/mol. The molecule has 0 radical (unpaired) electrons. The number of hydrogen-bond donors (Lipinski definition) is 0. The van der Waals surface area contributed by atoms with Crippen LogP contribution in [-0.4, -0.2) is 36.1 Å². The van der Waals surface area contributed by atoms with Crippen LogP contribution in [0.2, 0.25) is 0 Å². The summed E-state index contributed by atoms with van der Waals surface area (Å²) < 4.78 is 11.0. The molecule has 1 aliphatic heterocycles. The van der Waals surface area contributed by atoms with E-state index in [0.717, 1.165) is 30.4 Å². The Morgan fingerprint density at radius 1 is 1.09 bits per heavy atom. The number of rotatable bonds is 5. The number of benzene rings is 1. The fourth-order valence-corrected chi connectivity index (χ4v) is 6.40. The molecule has 0 aromatic heterocycles. The average Bonchev–Trinajstić information content (AvgIpc) is 3.05. The van der Waals surface area contributed by atoms with Crippen molar-refractivity contribution < 1.29 is 14.3 Å².